The number of ether oxygens (including phenoxy) is 2. The molecule has 0 spiro atoms. The number of unbranched alkanes of at least 4 members (excludes halogenated alkanes) is 8. The first kappa shape index (κ1) is 42.8. The van der Waals surface area contributed by atoms with E-state index in [1.54, 1.807) is 45.9 Å². The monoisotopic (exact) mass is 671 g/mol. The van der Waals surface area contributed by atoms with Gasteiger partial charge in [0.15, 0.2) is 5.60 Å². The highest BCUT2D eigenvalue weighted by Crippen LogP contribution is 2.28. The second-order valence-electron chi connectivity index (χ2n) is 13.4. The first-order chi connectivity index (χ1) is 22.9. The van der Waals surface area contributed by atoms with Crippen LogP contribution in [-0.4, -0.2) is 70.0 Å². The number of aliphatic hydroxyl groups excluding tert-OH is 2. The number of allylic oxidation sites excluding steroid dienone is 1. The molecule has 0 saturated heterocycles. The molecule has 0 bridgehead atoms. The molecule has 9 heteroatoms. The Morgan fingerprint density at radius 3 is 2.12 bits per heavy atom. The van der Waals surface area contributed by atoms with Gasteiger partial charge in [-0.15, -0.1) is 5.92 Å². The molecule has 3 atom stereocenters. The number of nitrogens with one attached hydrogen (secondary N) is 1. The molecular weight excluding hydrogens is 610 g/mol. The predicted octanol–water partition coefficient (Wildman–Crippen LogP) is 6.01. The third-order valence-electron chi connectivity index (χ3n) is 7.97. The molecule has 270 valence electrons. The molecule has 1 aromatic carbocycles. The van der Waals surface area contributed by atoms with E-state index < -0.39 is 48.1 Å². The largest absolute Gasteiger partial charge is 0.481 e. The van der Waals surface area contributed by atoms with Crippen LogP contribution in [0.1, 0.15) is 124 Å². The lowest BCUT2D eigenvalue weighted by Gasteiger charge is -2.34. The molecule has 1 amide bonds. The SMILES string of the molecule is CC#CCOc1ccc(C[C@@H](CO)NC(=O)[C@@H](/C=C/CCCCCCC(=O)CCCCCCC)[C@@](O)(CCO)C(=O)OC(C)(C)C)cc1. The summed E-state index contributed by atoms with van der Waals surface area (Å²) in [5.74, 6) is 3.52. The van der Waals surface area contributed by atoms with E-state index in [0.717, 1.165) is 44.1 Å². The molecule has 0 saturated carbocycles. The van der Waals surface area contributed by atoms with Crippen LogP contribution in [-0.2, 0) is 25.5 Å². The molecule has 0 aliphatic rings. The van der Waals surface area contributed by atoms with Gasteiger partial charge in [-0.25, -0.2) is 4.79 Å². The first-order valence-corrected chi connectivity index (χ1v) is 17.7. The van der Waals surface area contributed by atoms with Gasteiger partial charge in [-0.3, -0.25) is 9.59 Å². The standard InChI is InChI=1S/C39H61NO8/c1-6-8-10-13-16-19-33(43)20-17-14-11-12-15-18-21-35(39(46,26-27-41)37(45)48-38(3,4)5)36(44)40-32(30-42)29-31-22-24-34(25-23-31)47-28-9-7-2/h18,21-25,32,35,41-42,46H,6,8,10-17,19-20,26-30H2,1-5H3,(H,40,44)/b21-18+/t32-,35+,39-/m0/s1. The van der Waals surface area contributed by atoms with E-state index in [1.807, 2.05) is 12.1 Å². The number of esters is 1. The van der Waals surface area contributed by atoms with Crippen LogP contribution in [0.15, 0.2) is 36.4 Å². The highest BCUT2D eigenvalue weighted by atomic mass is 16.6. The van der Waals surface area contributed by atoms with Crippen molar-refractivity contribution in [3.8, 4) is 17.6 Å². The van der Waals surface area contributed by atoms with Gasteiger partial charge < -0.3 is 30.1 Å². The average molecular weight is 672 g/mol. The second kappa shape index (κ2) is 24.0. The van der Waals surface area contributed by atoms with Crippen molar-refractivity contribution in [3.63, 3.8) is 0 Å². The molecule has 0 aliphatic carbocycles. The Hall–Kier alpha value is -3.19. The molecule has 0 aliphatic heterocycles. The molecule has 0 unspecified atom stereocenters. The van der Waals surface area contributed by atoms with E-state index in [9.17, 15) is 29.7 Å². The van der Waals surface area contributed by atoms with Gasteiger partial charge in [0.25, 0.3) is 0 Å². The number of hydrogen-bond acceptors (Lipinski definition) is 8. The lowest BCUT2D eigenvalue weighted by atomic mass is 9.82. The van der Waals surface area contributed by atoms with E-state index in [-0.39, 0.29) is 13.2 Å². The van der Waals surface area contributed by atoms with Crippen LogP contribution < -0.4 is 10.1 Å². The van der Waals surface area contributed by atoms with Crippen LogP contribution in [0, 0.1) is 17.8 Å². The minimum absolute atomic E-state index is 0.273. The van der Waals surface area contributed by atoms with E-state index in [0.29, 0.717) is 37.2 Å². The van der Waals surface area contributed by atoms with Crippen molar-refractivity contribution in [2.24, 2.45) is 5.92 Å². The minimum atomic E-state index is -2.33. The zero-order valence-electron chi connectivity index (χ0n) is 30.0. The maximum atomic E-state index is 13.7. The smallest absolute Gasteiger partial charge is 0.339 e. The van der Waals surface area contributed by atoms with E-state index in [4.69, 9.17) is 9.47 Å². The summed E-state index contributed by atoms with van der Waals surface area (Å²) in [5, 5.41) is 34.3. The number of carbonyl (C=O) groups is 3. The Bertz CT molecular complexity index is 1160. The normalized spacial score (nSPS) is 14.0. The molecule has 48 heavy (non-hydrogen) atoms. The van der Waals surface area contributed by atoms with Gasteiger partial charge in [0.2, 0.25) is 5.91 Å². The quantitative estimate of drug-likeness (QED) is 0.0429. The summed E-state index contributed by atoms with van der Waals surface area (Å²) in [5.41, 5.74) is -2.43. The Kier molecular flexibility index (Phi) is 21.4. The van der Waals surface area contributed by atoms with Crippen molar-refractivity contribution in [2.75, 3.05) is 19.8 Å². The molecule has 0 radical (unpaired) electrons. The molecule has 1 aromatic rings. The number of carbonyl (C=O) groups excluding carboxylic acids is 3. The molecule has 0 heterocycles. The van der Waals surface area contributed by atoms with Gasteiger partial charge >= 0.3 is 5.97 Å². The van der Waals surface area contributed by atoms with E-state index >= 15 is 0 Å². The van der Waals surface area contributed by atoms with Crippen molar-refractivity contribution in [3.05, 3.63) is 42.0 Å². The highest BCUT2D eigenvalue weighted by molar-refractivity contribution is 5.91. The Morgan fingerprint density at radius 1 is 0.938 bits per heavy atom. The van der Waals surface area contributed by atoms with Crippen LogP contribution in [0.4, 0.5) is 0 Å². The maximum Gasteiger partial charge on any atom is 0.339 e. The number of Topliss-reactive ketones (excluding diaryl/α,β-unsaturated/α-hetero) is 1. The zero-order chi connectivity index (χ0) is 35.8. The lowest BCUT2D eigenvalue weighted by Crippen LogP contribution is -2.56. The minimum Gasteiger partial charge on any atom is -0.481 e. The van der Waals surface area contributed by atoms with Gasteiger partial charge in [0.05, 0.1) is 18.6 Å². The number of benzene rings is 1. The summed E-state index contributed by atoms with van der Waals surface area (Å²) in [7, 11) is 0. The van der Waals surface area contributed by atoms with Gasteiger partial charge in [0, 0.05) is 25.9 Å². The fourth-order valence-corrected chi connectivity index (χ4v) is 5.26. The average Bonchev–Trinajstić information content (AvgIpc) is 3.03. The molecule has 1 rings (SSSR count). The van der Waals surface area contributed by atoms with Gasteiger partial charge in [0.1, 0.15) is 23.7 Å². The third-order valence-corrected chi connectivity index (χ3v) is 7.97. The zero-order valence-corrected chi connectivity index (χ0v) is 30.0. The highest BCUT2D eigenvalue weighted by Gasteiger charge is 2.49. The molecule has 4 N–H and O–H groups in total. The molecule has 9 nitrogen and oxygen atoms in total. The van der Waals surface area contributed by atoms with Crippen LogP contribution in [0.25, 0.3) is 0 Å². The maximum absolute atomic E-state index is 13.7. The van der Waals surface area contributed by atoms with Gasteiger partial charge in [-0.1, -0.05) is 75.7 Å². The summed E-state index contributed by atoms with van der Waals surface area (Å²) in [4.78, 5) is 39.1. The topological polar surface area (TPSA) is 142 Å². The number of ketones is 1. The summed E-state index contributed by atoms with van der Waals surface area (Å²) >= 11 is 0. The summed E-state index contributed by atoms with van der Waals surface area (Å²) < 4.78 is 11.0. The molecule has 0 aromatic heterocycles. The molecular formula is C39H61NO8. The third kappa shape index (κ3) is 17.8. The van der Waals surface area contributed by atoms with E-state index in [2.05, 4.69) is 24.1 Å². The van der Waals surface area contributed by atoms with Gasteiger partial charge in [-0.05, 0) is 77.5 Å². The second-order valence-corrected chi connectivity index (χ2v) is 13.4. The Balaban J connectivity index is 2.90. The van der Waals surface area contributed by atoms with Gasteiger partial charge in [-0.2, -0.15) is 0 Å². The van der Waals surface area contributed by atoms with Crippen molar-refractivity contribution < 1.29 is 39.2 Å². The summed E-state index contributed by atoms with van der Waals surface area (Å²) in [6.45, 7) is 8.23. The van der Waals surface area contributed by atoms with Crippen LogP contribution in [0.3, 0.4) is 0 Å². The fraction of sp³-hybridized carbons (Fsp3) is 0.667. The van der Waals surface area contributed by atoms with Crippen LogP contribution in [0.5, 0.6) is 5.75 Å². The number of aliphatic hydroxyl groups is 3. The van der Waals surface area contributed by atoms with Crippen LogP contribution >= 0.6 is 0 Å². The summed E-state index contributed by atoms with van der Waals surface area (Å²) in [6.07, 6.45) is 14.2. The molecule has 0 fully saturated rings. The van der Waals surface area contributed by atoms with Crippen molar-refractivity contribution in [1.82, 2.24) is 5.32 Å². The Morgan fingerprint density at radius 2 is 1.56 bits per heavy atom. The summed E-state index contributed by atoms with van der Waals surface area (Å²) in [6, 6.07) is 6.51. The van der Waals surface area contributed by atoms with Crippen molar-refractivity contribution in [2.45, 2.75) is 142 Å². The van der Waals surface area contributed by atoms with Crippen LogP contribution in [0.2, 0.25) is 0 Å². The number of rotatable bonds is 25. The number of amides is 1. The van der Waals surface area contributed by atoms with Crippen molar-refractivity contribution in [1.29, 1.82) is 0 Å². The fourth-order valence-electron chi connectivity index (χ4n) is 5.26. The van der Waals surface area contributed by atoms with E-state index in [1.165, 1.54) is 25.3 Å². The lowest BCUT2D eigenvalue weighted by molar-refractivity contribution is -0.185. The predicted molar refractivity (Wildman–Crippen MR) is 189 cm³/mol. The Labute approximate surface area is 288 Å². The number of hydrogen-bond donors (Lipinski definition) is 4. The van der Waals surface area contributed by atoms with Crippen molar-refractivity contribution >= 4 is 17.7 Å². The first-order valence-electron chi connectivity index (χ1n) is 17.7.